The number of pyridine rings is 2. The number of nitrogens with zero attached hydrogens (tertiary/aromatic N) is 6. The zero-order chi connectivity index (χ0) is 16.9. The number of rotatable bonds is 5. The predicted octanol–water partition coefficient (Wildman–Crippen LogP) is 2.33. The molecule has 4 aromatic rings. The van der Waals surface area contributed by atoms with Crippen molar-refractivity contribution < 1.29 is 0 Å². The molecule has 8 nitrogen and oxygen atoms in total. The zero-order valence-electron chi connectivity index (χ0n) is 13.2. The number of hydrogen-bond donors (Lipinski definition) is 2. The molecular formula is C17H14N8. The normalized spacial score (nSPS) is 10.6. The quantitative estimate of drug-likeness (QED) is 0.578. The average Bonchev–Trinajstić information content (AvgIpc) is 3.17. The maximum atomic E-state index is 4.47. The van der Waals surface area contributed by atoms with E-state index in [1.807, 2.05) is 36.4 Å². The zero-order valence-corrected chi connectivity index (χ0v) is 13.2. The summed E-state index contributed by atoms with van der Waals surface area (Å²) in [6.07, 6.45) is 6.85. The van der Waals surface area contributed by atoms with Crippen molar-refractivity contribution in [2.75, 3.05) is 5.32 Å². The van der Waals surface area contributed by atoms with Gasteiger partial charge >= 0.3 is 0 Å². The summed E-state index contributed by atoms with van der Waals surface area (Å²) in [5.41, 5.74) is 2.46. The third-order valence-corrected chi connectivity index (χ3v) is 3.47. The van der Waals surface area contributed by atoms with E-state index in [-0.39, 0.29) is 0 Å². The highest BCUT2D eigenvalue weighted by molar-refractivity contribution is 5.55. The summed E-state index contributed by atoms with van der Waals surface area (Å²) in [5.74, 6) is 1.83. The SMILES string of the molecule is c1ccc(-c2ccnc(NCc3nc(-c4ccncc4)n[nH]3)n2)nc1. The molecule has 0 radical (unpaired) electrons. The largest absolute Gasteiger partial charge is 0.347 e. The van der Waals surface area contributed by atoms with Gasteiger partial charge in [0.05, 0.1) is 17.9 Å². The minimum atomic E-state index is 0.434. The highest BCUT2D eigenvalue weighted by Crippen LogP contribution is 2.15. The molecule has 0 atom stereocenters. The summed E-state index contributed by atoms with van der Waals surface area (Å²) in [6, 6.07) is 11.2. The van der Waals surface area contributed by atoms with E-state index in [0.29, 0.717) is 24.1 Å². The Hall–Kier alpha value is -3.68. The minimum Gasteiger partial charge on any atom is -0.347 e. The predicted molar refractivity (Wildman–Crippen MR) is 92.2 cm³/mol. The highest BCUT2D eigenvalue weighted by atomic mass is 15.2. The van der Waals surface area contributed by atoms with Crippen LogP contribution in [-0.4, -0.2) is 35.1 Å². The molecule has 0 bridgehead atoms. The van der Waals surface area contributed by atoms with Crippen LogP contribution in [0.25, 0.3) is 22.8 Å². The van der Waals surface area contributed by atoms with Gasteiger partial charge < -0.3 is 5.32 Å². The molecule has 4 heterocycles. The number of anilines is 1. The second-order valence-electron chi connectivity index (χ2n) is 5.18. The molecule has 0 aromatic carbocycles. The van der Waals surface area contributed by atoms with Gasteiger partial charge in [0, 0.05) is 30.4 Å². The lowest BCUT2D eigenvalue weighted by Gasteiger charge is -2.04. The summed E-state index contributed by atoms with van der Waals surface area (Å²) in [6.45, 7) is 0.434. The molecule has 0 aliphatic carbocycles. The lowest BCUT2D eigenvalue weighted by molar-refractivity contribution is 0.935. The number of aromatic nitrogens is 7. The third kappa shape index (κ3) is 3.47. The van der Waals surface area contributed by atoms with E-state index < -0.39 is 0 Å². The molecule has 4 rings (SSSR count). The van der Waals surface area contributed by atoms with Crippen molar-refractivity contribution in [3.63, 3.8) is 0 Å². The Morgan fingerprint density at radius 2 is 1.76 bits per heavy atom. The molecule has 122 valence electrons. The van der Waals surface area contributed by atoms with E-state index in [0.717, 1.165) is 17.0 Å². The second-order valence-corrected chi connectivity index (χ2v) is 5.18. The molecule has 2 N–H and O–H groups in total. The summed E-state index contributed by atoms with van der Waals surface area (Å²) in [4.78, 5) is 21.4. The molecule has 0 fully saturated rings. The monoisotopic (exact) mass is 330 g/mol. The summed E-state index contributed by atoms with van der Waals surface area (Å²) >= 11 is 0. The Balaban J connectivity index is 1.46. The second kappa shape index (κ2) is 6.83. The van der Waals surface area contributed by atoms with Gasteiger partial charge in [-0.2, -0.15) is 5.10 Å². The van der Waals surface area contributed by atoms with Crippen LogP contribution >= 0.6 is 0 Å². The topological polar surface area (TPSA) is 105 Å². The van der Waals surface area contributed by atoms with Crippen LogP contribution in [0.2, 0.25) is 0 Å². The van der Waals surface area contributed by atoms with Gasteiger partial charge in [-0.15, -0.1) is 0 Å². The van der Waals surface area contributed by atoms with Crippen LogP contribution in [0.5, 0.6) is 0 Å². The van der Waals surface area contributed by atoms with Gasteiger partial charge in [0.15, 0.2) is 5.82 Å². The van der Waals surface area contributed by atoms with Gasteiger partial charge in [-0.25, -0.2) is 15.0 Å². The first-order valence-corrected chi connectivity index (χ1v) is 7.68. The van der Waals surface area contributed by atoms with Crippen LogP contribution in [-0.2, 0) is 6.54 Å². The van der Waals surface area contributed by atoms with Crippen LogP contribution in [0.1, 0.15) is 5.82 Å². The maximum Gasteiger partial charge on any atom is 0.223 e. The highest BCUT2D eigenvalue weighted by Gasteiger charge is 2.07. The van der Waals surface area contributed by atoms with Crippen LogP contribution in [0.15, 0.2) is 61.2 Å². The summed E-state index contributed by atoms with van der Waals surface area (Å²) < 4.78 is 0. The van der Waals surface area contributed by atoms with Gasteiger partial charge in [0.1, 0.15) is 5.82 Å². The smallest absolute Gasteiger partial charge is 0.223 e. The molecule has 0 saturated carbocycles. The molecule has 0 saturated heterocycles. The molecule has 8 heteroatoms. The first-order chi connectivity index (χ1) is 12.4. The first-order valence-electron chi connectivity index (χ1n) is 7.68. The molecule has 25 heavy (non-hydrogen) atoms. The standard InChI is InChI=1S/C17H14N8/c1-2-7-19-13(3-1)14-6-10-20-17(22-14)21-11-15-23-16(25-24-15)12-4-8-18-9-5-12/h1-10H,11H2,(H,20,21,22)(H,23,24,25). The fourth-order valence-electron chi connectivity index (χ4n) is 2.27. The number of nitrogens with one attached hydrogen (secondary N) is 2. The summed E-state index contributed by atoms with van der Waals surface area (Å²) in [7, 11) is 0. The Kier molecular flexibility index (Phi) is 4.07. The third-order valence-electron chi connectivity index (χ3n) is 3.47. The minimum absolute atomic E-state index is 0.434. The van der Waals surface area contributed by atoms with Gasteiger partial charge in [-0.05, 0) is 30.3 Å². The van der Waals surface area contributed by atoms with Crippen molar-refractivity contribution in [3.8, 4) is 22.8 Å². The molecule has 0 aliphatic rings. The lowest BCUT2D eigenvalue weighted by Crippen LogP contribution is -2.05. The van der Waals surface area contributed by atoms with Crippen molar-refractivity contribution in [2.24, 2.45) is 0 Å². The van der Waals surface area contributed by atoms with Crippen molar-refractivity contribution in [2.45, 2.75) is 6.54 Å². The van der Waals surface area contributed by atoms with E-state index >= 15 is 0 Å². The van der Waals surface area contributed by atoms with Gasteiger partial charge in [-0.3, -0.25) is 15.1 Å². The Bertz CT molecular complexity index is 953. The Labute approximate surface area is 143 Å². The van der Waals surface area contributed by atoms with Crippen molar-refractivity contribution in [1.29, 1.82) is 0 Å². The van der Waals surface area contributed by atoms with Crippen molar-refractivity contribution >= 4 is 5.95 Å². The number of hydrogen-bond acceptors (Lipinski definition) is 7. The van der Waals surface area contributed by atoms with Gasteiger partial charge in [-0.1, -0.05) is 6.07 Å². The van der Waals surface area contributed by atoms with E-state index in [9.17, 15) is 0 Å². The van der Waals surface area contributed by atoms with E-state index in [1.54, 1.807) is 24.8 Å². The fraction of sp³-hybridized carbons (Fsp3) is 0.0588. The maximum absolute atomic E-state index is 4.47. The van der Waals surface area contributed by atoms with E-state index in [2.05, 4.69) is 40.4 Å². The molecule has 0 spiro atoms. The fourth-order valence-corrected chi connectivity index (χ4v) is 2.27. The van der Waals surface area contributed by atoms with Crippen LogP contribution in [0.4, 0.5) is 5.95 Å². The van der Waals surface area contributed by atoms with Gasteiger partial charge in [0.25, 0.3) is 0 Å². The first kappa shape index (κ1) is 14.9. The van der Waals surface area contributed by atoms with Crippen LogP contribution in [0.3, 0.4) is 0 Å². The van der Waals surface area contributed by atoms with E-state index in [1.165, 1.54) is 0 Å². The van der Waals surface area contributed by atoms with Crippen molar-refractivity contribution in [3.05, 3.63) is 67.0 Å². The van der Waals surface area contributed by atoms with Gasteiger partial charge in [0.2, 0.25) is 5.95 Å². The van der Waals surface area contributed by atoms with Crippen LogP contribution < -0.4 is 5.32 Å². The Morgan fingerprint density at radius 3 is 2.60 bits per heavy atom. The summed E-state index contributed by atoms with van der Waals surface area (Å²) in [5, 5.41) is 10.3. The molecular weight excluding hydrogens is 316 g/mol. The Morgan fingerprint density at radius 1 is 0.840 bits per heavy atom. The lowest BCUT2D eigenvalue weighted by atomic mass is 10.2. The molecule has 4 aromatic heterocycles. The molecule has 0 amide bonds. The molecule has 0 aliphatic heterocycles. The van der Waals surface area contributed by atoms with Crippen molar-refractivity contribution in [1.82, 2.24) is 35.1 Å². The van der Waals surface area contributed by atoms with Crippen LogP contribution in [0, 0.1) is 0 Å². The number of aromatic amines is 1. The average molecular weight is 330 g/mol. The number of H-pyrrole nitrogens is 1. The van der Waals surface area contributed by atoms with E-state index in [4.69, 9.17) is 0 Å². The molecule has 0 unspecified atom stereocenters.